The van der Waals surface area contributed by atoms with Gasteiger partial charge < -0.3 is 4.74 Å². The first-order chi connectivity index (χ1) is 9.29. The first-order valence-corrected chi connectivity index (χ1v) is 7.22. The number of thioether (sulfide) groups is 1. The normalized spacial score (nSPS) is 10.2. The van der Waals surface area contributed by atoms with Gasteiger partial charge in [-0.2, -0.15) is 0 Å². The van der Waals surface area contributed by atoms with Crippen LogP contribution < -0.4 is 0 Å². The van der Waals surface area contributed by atoms with Crippen molar-refractivity contribution in [2.75, 3.05) is 5.75 Å². The number of carbonyl (C=O) groups is 1. The van der Waals surface area contributed by atoms with Gasteiger partial charge in [0.25, 0.3) is 0 Å². The van der Waals surface area contributed by atoms with Crippen LogP contribution in [-0.2, 0) is 11.3 Å². The lowest BCUT2D eigenvalue weighted by molar-refractivity contribution is 0.0472. The minimum absolute atomic E-state index is 0.276. The lowest BCUT2D eigenvalue weighted by Gasteiger charge is -2.06. The maximum Gasteiger partial charge on any atom is 0.338 e. The van der Waals surface area contributed by atoms with Crippen LogP contribution in [0.2, 0.25) is 0 Å². The molecule has 0 aliphatic carbocycles. The highest BCUT2D eigenvalue weighted by Crippen LogP contribution is 2.19. The summed E-state index contributed by atoms with van der Waals surface area (Å²) in [5, 5.41) is 0. The molecule has 0 amide bonds. The molecule has 0 bridgehead atoms. The van der Waals surface area contributed by atoms with Crippen LogP contribution >= 0.6 is 11.8 Å². The highest BCUT2D eigenvalue weighted by molar-refractivity contribution is 7.99. The third kappa shape index (κ3) is 4.14. The summed E-state index contributed by atoms with van der Waals surface area (Å²) in [4.78, 5) is 13.0. The highest BCUT2D eigenvalue weighted by atomic mass is 32.2. The summed E-state index contributed by atoms with van der Waals surface area (Å²) in [7, 11) is 0. The Bertz CT molecular complexity index is 537. The monoisotopic (exact) mass is 272 g/mol. The van der Waals surface area contributed by atoms with Crippen LogP contribution in [0.15, 0.2) is 59.5 Å². The fraction of sp³-hybridized carbons (Fsp3) is 0.188. The summed E-state index contributed by atoms with van der Waals surface area (Å²) in [5.74, 6) is 0.713. The summed E-state index contributed by atoms with van der Waals surface area (Å²) in [6.45, 7) is 2.40. The predicted molar refractivity (Wildman–Crippen MR) is 78.4 cm³/mol. The van der Waals surface area contributed by atoms with E-state index in [1.807, 2.05) is 48.5 Å². The standard InChI is InChI=1S/C16H16O2S/c1-2-19-15-10-6-9-14(11-15)16(17)18-12-13-7-4-3-5-8-13/h3-11H,2,12H2,1H3. The number of benzene rings is 2. The molecule has 0 saturated carbocycles. The van der Waals surface area contributed by atoms with Gasteiger partial charge in [-0.3, -0.25) is 0 Å². The lowest BCUT2D eigenvalue weighted by atomic mass is 10.2. The average Bonchev–Trinajstić information content (AvgIpc) is 2.46. The van der Waals surface area contributed by atoms with E-state index in [1.54, 1.807) is 17.8 Å². The number of hydrogen-bond acceptors (Lipinski definition) is 3. The SMILES string of the molecule is CCSc1cccc(C(=O)OCc2ccccc2)c1. The van der Waals surface area contributed by atoms with E-state index in [9.17, 15) is 4.79 Å². The zero-order valence-corrected chi connectivity index (χ0v) is 11.7. The molecule has 0 fully saturated rings. The Hall–Kier alpha value is -1.74. The van der Waals surface area contributed by atoms with Gasteiger partial charge in [0, 0.05) is 4.90 Å². The molecule has 0 atom stereocenters. The van der Waals surface area contributed by atoms with Crippen LogP contribution in [-0.4, -0.2) is 11.7 Å². The number of ether oxygens (including phenoxy) is 1. The van der Waals surface area contributed by atoms with E-state index < -0.39 is 0 Å². The van der Waals surface area contributed by atoms with E-state index in [0.717, 1.165) is 16.2 Å². The Kier molecular flexibility index (Phi) is 5.04. The molecule has 0 heterocycles. The quantitative estimate of drug-likeness (QED) is 0.604. The molecule has 0 unspecified atom stereocenters. The molecule has 3 heteroatoms. The van der Waals surface area contributed by atoms with Crippen LogP contribution in [0.25, 0.3) is 0 Å². The zero-order chi connectivity index (χ0) is 13.5. The summed E-state index contributed by atoms with van der Waals surface area (Å²) in [6.07, 6.45) is 0. The highest BCUT2D eigenvalue weighted by Gasteiger charge is 2.07. The van der Waals surface area contributed by atoms with Gasteiger partial charge in [0.2, 0.25) is 0 Å². The van der Waals surface area contributed by atoms with E-state index in [1.165, 1.54) is 0 Å². The van der Waals surface area contributed by atoms with Crippen molar-refractivity contribution >= 4 is 17.7 Å². The molecule has 0 saturated heterocycles. The molecule has 0 spiro atoms. The summed E-state index contributed by atoms with van der Waals surface area (Å²) in [5.41, 5.74) is 1.60. The summed E-state index contributed by atoms with van der Waals surface area (Å²) < 4.78 is 5.30. The molecular weight excluding hydrogens is 256 g/mol. The van der Waals surface area contributed by atoms with E-state index >= 15 is 0 Å². The minimum Gasteiger partial charge on any atom is -0.457 e. The second-order valence-corrected chi connectivity index (χ2v) is 5.36. The molecule has 2 rings (SSSR count). The fourth-order valence-corrected chi connectivity index (χ4v) is 2.40. The van der Waals surface area contributed by atoms with Gasteiger partial charge in [-0.1, -0.05) is 43.3 Å². The Morgan fingerprint density at radius 2 is 1.89 bits per heavy atom. The van der Waals surface area contributed by atoms with Crippen molar-refractivity contribution in [2.24, 2.45) is 0 Å². The Labute approximate surface area is 117 Å². The molecule has 0 radical (unpaired) electrons. The van der Waals surface area contributed by atoms with Crippen LogP contribution in [0.3, 0.4) is 0 Å². The molecule has 0 aromatic heterocycles. The maximum atomic E-state index is 11.9. The molecule has 0 aliphatic heterocycles. The second-order valence-electron chi connectivity index (χ2n) is 4.02. The molecule has 2 nitrogen and oxygen atoms in total. The topological polar surface area (TPSA) is 26.3 Å². The van der Waals surface area contributed by atoms with Crippen LogP contribution in [0.1, 0.15) is 22.8 Å². The van der Waals surface area contributed by atoms with E-state index in [0.29, 0.717) is 12.2 Å². The van der Waals surface area contributed by atoms with Gasteiger partial charge >= 0.3 is 5.97 Å². The first kappa shape index (κ1) is 13.7. The molecular formula is C16H16O2S. The number of esters is 1. The molecule has 19 heavy (non-hydrogen) atoms. The maximum absolute atomic E-state index is 11.9. The van der Waals surface area contributed by atoms with Crippen molar-refractivity contribution in [3.8, 4) is 0 Å². The van der Waals surface area contributed by atoms with Gasteiger partial charge in [0.15, 0.2) is 0 Å². The van der Waals surface area contributed by atoms with Gasteiger partial charge in [-0.05, 0) is 29.5 Å². The molecule has 2 aromatic carbocycles. The average molecular weight is 272 g/mol. The first-order valence-electron chi connectivity index (χ1n) is 6.23. The minimum atomic E-state index is -0.276. The lowest BCUT2D eigenvalue weighted by Crippen LogP contribution is -2.05. The van der Waals surface area contributed by atoms with Crippen molar-refractivity contribution in [2.45, 2.75) is 18.4 Å². The van der Waals surface area contributed by atoms with Gasteiger partial charge in [0.1, 0.15) is 6.61 Å². The van der Waals surface area contributed by atoms with Gasteiger partial charge in [0.05, 0.1) is 5.56 Å². The van der Waals surface area contributed by atoms with E-state index in [2.05, 4.69) is 6.92 Å². The number of rotatable bonds is 5. The number of carbonyl (C=O) groups excluding carboxylic acids is 1. The fourth-order valence-electron chi connectivity index (χ4n) is 1.69. The van der Waals surface area contributed by atoms with Crippen molar-refractivity contribution in [3.05, 3.63) is 65.7 Å². The molecule has 0 aliphatic rings. The largest absolute Gasteiger partial charge is 0.457 e. The Balaban J connectivity index is 1.98. The van der Waals surface area contributed by atoms with Crippen LogP contribution in [0, 0.1) is 0 Å². The number of hydrogen-bond donors (Lipinski definition) is 0. The molecule has 0 N–H and O–H groups in total. The second kappa shape index (κ2) is 7.00. The molecule has 2 aromatic rings. The Morgan fingerprint density at radius 1 is 1.11 bits per heavy atom. The zero-order valence-electron chi connectivity index (χ0n) is 10.8. The van der Waals surface area contributed by atoms with Crippen molar-refractivity contribution in [1.82, 2.24) is 0 Å². The molecule has 98 valence electrons. The van der Waals surface area contributed by atoms with Crippen LogP contribution in [0.5, 0.6) is 0 Å². The van der Waals surface area contributed by atoms with E-state index in [4.69, 9.17) is 4.74 Å². The summed E-state index contributed by atoms with van der Waals surface area (Å²) >= 11 is 1.71. The van der Waals surface area contributed by atoms with Crippen LogP contribution in [0.4, 0.5) is 0 Å². The Morgan fingerprint density at radius 3 is 2.63 bits per heavy atom. The van der Waals surface area contributed by atoms with Crippen molar-refractivity contribution < 1.29 is 9.53 Å². The van der Waals surface area contributed by atoms with Gasteiger partial charge in [-0.25, -0.2) is 4.79 Å². The smallest absolute Gasteiger partial charge is 0.338 e. The third-order valence-corrected chi connectivity index (χ3v) is 3.47. The van der Waals surface area contributed by atoms with Gasteiger partial charge in [-0.15, -0.1) is 11.8 Å². The predicted octanol–water partition coefficient (Wildman–Crippen LogP) is 4.16. The summed E-state index contributed by atoms with van der Waals surface area (Å²) in [6, 6.07) is 17.2. The van der Waals surface area contributed by atoms with Crippen molar-refractivity contribution in [3.63, 3.8) is 0 Å². The third-order valence-electron chi connectivity index (χ3n) is 2.59. The van der Waals surface area contributed by atoms with Crippen molar-refractivity contribution in [1.29, 1.82) is 0 Å². The van der Waals surface area contributed by atoms with E-state index in [-0.39, 0.29) is 5.97 Å².